The molecule has 1 aliphatic carbocycles. The summed E-state index contributed by atoms with van der Waals surface area (Å²) in [5.41, 5.74) is 0. The third-order valence-corrected chi connectivity index (χ3v) is 3.92. The van der Waals surface area contributed by atoms with Crippen molar-refractivity contribution in [2.24, 2.45) is 4.99 Å². The van der Waals surface area contributed by atoms with Crippen LogP contribution in [0.3, 0.4) is 0 Å². The summed E-state index contributed by atoms with van der Waals surface area (Å²) in [6.45, 7) is 10.9. The van der Waals surface area contributed by atoms with Crippen LogP contribution in [-0.4, -0.2) is 61.6 Å². The molecule has 1 atom stereocenters. The van der Waals surface area contributed by atoms with Gasteiger partial charge in [-0.2, -0.15) is 0 Å². The Morgan fingerprint density at radius 1 is 1.45 bits per heavy atom. The van der Waals surface area contributed by atoms with Crippen molar-refractivity contribution in [3.63, 3.8) is 0 Å². The quantitative estimate of drug-likeness (QED) is 0.304. The van der Waals surface area contributed by atoms with Crippen LogP contribution in [0.1, 0.15) is 39.5 Å². The Hall–Kier alpha value is -1.03. The Bertz CT molecular complexity index is 310. The molecule has 1 unspecified atom stereocenters. The van der Waals surface area contributed by atoms with Gasteiger partial charge in [-0.25, -0.2) is 0 Å². The van der Waals surface area contributed by atoms with E-state index in [4.69, 9.17) is 4.99 Å². The van der Waals surface area contributed by atoms with E-state index in [0.717, 1.165) is 44.5 Å². The van der Waals surface area contributed by atoms with Gasteiger partial charge in [0.1, 0.15) is 0 Å². The standard InChI is InChI=1S/C16H32N4/c1-6-8-9-12-19(4)16(17-7-2)18-13-14(3)20(5)15-10-11-15/h6,14-15H,1,7-13H2,2-5H3,(H,17,18). The van der Waals surface area contributed by atoms with Crippen LogP contribution < -0.4 is 5.32 Å². The normalized spacial score (nSPS) is 17.1. The van der Waals surface area contributed by atoms with Crippen LogP contribution in [0.4, 0.5) is 0 Å². The fourth-order valence-corrected chi connectivity index (χ4v) is 2.24. The highest BCUT2D eigenvalue weighted by atomic mass is 15.3. The van der Waals surface area contributed by atoms with Crippen molar-refractivity contribution in [1.82, 2.24) is 15.1 Å². The molecule has 4 heteroatoms. The van der Waals surface area contributed by atoms with E-state index in [-0.39, 0.29) is 0 Å². The summed E-state index contributed by atoms with van der Waals surface area (Å²) in [4.78, 5) is 9.47. The first-order valence-corrected chi connectivity index (χ1v) is 7.92. The molecule has 116 valence electrons. The Kier molecular flexibility index (Phi) is 7.67. The molecule has 0 radical (unpaired) electrons. The van der Waals surface area contributed by atoms with Gasteiger partial charge >= 0.3 is 0 Å². The molecule has 0 spiro atoms. The molecule has 0 saturated heterocycles. The monoisotopic (exact) mass is 280 g/mol. The molecule has 4 nitrogen and oxygen atoms in total. The number of nitrogens with zero attached hydrogens (tertiary/aromatic N) is 3. The number of nitrogens with one attached hydrogen (secondary N) is 1. The first-order valence-electron chi connectivity index (χ1n) is 7.92. The summed E-state index contributed by atoms with van der Waals surface area (Å²) >= 11 is 0. The topological polar surface area (TPSA) is 30.9 Å². The van der Waals surface area contributed by atoms with Crippen molar-refractivity contribution in [2.75, 3.05) is 33.7 Å². The second-order valence-electron chi connectivity index (χ2n) is 5.79. The van der Waals surface area contributed by atoms with E-state index in [1.807, 2.05) is 6.08 Å². The van der Waals surface area contributed by atoms with Gasteiger partial charge in [-0.05, 0) is 46.6 Å². The van der Waals surface area contributed by atoms with Gasteiger partial charge in [0.25, 0.3) is 0 Å². The van der Waals surface area contributed by atoms with Gasteiger partial charge in [0, 0.05) is 32.2 Å². The molecule has 0 heterocycles. The van der Waals surface area contributed by atoms with Crippen molar-refractivity contribution in [3.8, 4) is 0 Å². The van der Waals surface area contributed by atoms with Crippen LogP contribution in [0.15, 0.2) is 17.6 Å². The number of rotatable bonds is 9. The molecular formula is C16H32N4. The minimum absolute atomic E-state index is 0.512. The highest BCUT2D eigenvalue weighted by Gasteiger charge is 2.28. The van der Waals surface area contributed by atoms with Crippen molar-refractivity contribution in [2.45, 2.75) is 51.6 Å². The molecule has 0 aromatic carbocycles. The molecule has 0 aromatic heterocycles. The summed E-state index contributed by atoms with van der Waals surface area (Å²) < 4.78 is 0. The molecule has 1 saturated carbocycles. The maximum absolute atomic E-state index is 4.79. The zero-order chi connectivity index (χ0) is 15.0. The minimum atomic E-state index is 0.512. The van der Waals surface area contributed by atoms with Crippen LogP contribution in [0.5, 0.6) is 0 Å². The highest BCUT2D eigenvalue weighted by Crippen LogP contribution is 2.26. The summed E-state index contributed by atoms with van der Waals surface area (Å²) in [6.07, 6.45) is 6.87. The number of guanidine groups is 1. The Morgan fingerprint density at radius 2 is 2.15 bits per heavy atom. The predicted molar refractivity (Wildman–Crippen MR) is 88.3 cm³/mol. The lowest BCUT2D eigenvalue weighted by atomic mass is 10.3. The van der Waals surface area contributed by atoms with Crippen LogP contribution in [0.25, 0.3) is 0 Å². The Labute approximate surface area is 124 Å². The van der Waals surface area contributed by atoms with E-state index in [9.17, 15) is 0 Å². The lowest BCUT2D eigenvalue weighted by molar-refractivity contribution is 0.252. The third-order valence-electron chi connectivity index (χ3n) is 3.92. The zero-order valence-corrected chi connectivity index (χ0v) is 13.7. The number of hydrogen-bond donors (Lipinski definition) is 1. The smallest absolute Gasteiger partial charge is 0.193 e. The predicted octanol–water partition coefficient (Wildman–Crippen LogP) is 2.33. The van der Waals surface area contributed by atoms with Crippen LogP contribution in [-0.2, 0) is 0 Å². The fourth-order valence-electron chi connectivity index (χ4n) is 2.24. The largest absolute Gasteiger partial charge is 0.357 e. The lowest BCUT2D eigenvalue weighted by Crippen LogP contribution is -2.41. The van der Waals surface area contributed by atoms with E-state index >= 15 is 0 Å². The second kappa shape index (κ2) is 9.01. The fraction of sp³-hybridized carbons (Fsp3) is 0.812. The van der Waals surface area contributed by atoms with Crippen molar-refractivity contribution in [1.29, 1.82) is 0 Å². The molecule has 0 amide bonds. The molecular weight excluding hydrogens is 248 g/mol. The van der Waals surface area contributed by atoms with Gasteiger partial charge in [0.05, 0.1) is 6.54 Å². The average Bonchev–Trinajstić information content (AvgIpc) is 3.26. The number of likely N-dealkylation sites (N-methyl/N-ethyl adjacent to an activating group) is 1. The molecule has 1 N–H and O–H groups in total. The molecule has 0 aromatic rings. The minimum Gasteiger partial charge on any atom is -0.357 e. The molecule has 0 bridgehead atoms. The van der Waals surface area contributed by atoms with E-state index < -0.39 is 0 Å². The van der Waals surface area contributed by atoms with Gasteiger partial charge in [0.15, 0.2) is 5.96 Å². The molecule has 20 heavy (non-hydrogen) atoms. The maximum atomic E-state index is 4.79. The third kappa shape index (κ3) is 5.95. The number of allylic oxidation sites excluding steroid dienone is 1. The summed E-state index contributed by atoms with van der Waals surface area (Å²) in [5.74, 6) is 1.02. The first kappa shape index (κ1) is 17.0. The molecule has 1 fully saturated rings. The van der Waals surface area contributed by atoms with Gasteiger partial charge in [-0.15, -0.1) is 6.58 Å². The highest BCUT2D eigenvalue weighted by molar-refractivity contribution is 5.79. The number of hydrogen-bond acceptors (Lipinski definition) is 2. The van der Waals surface area contributed by atoms with Crippen LogP contribution >= 0.6 is 0 Å². The Balaban J connectivity index is 2.45. The first-order chi connectivity index (χ1) is 9.60. The van der Waals surface area contributed by atoms with E-state index in [1.54, 1.807) is 0 Å². The SMILES string of the molecule is C=CCCCN(C)C(=NCC(C)N(C)C1CC1)NCC. The molecule has 1 aliphatic rings. The lowest BCUT2D eigenvalue weighted by Gasteiger charge is -2.25. The molecule has 0 aliphatic heterocycles. The van der Waals surface area contributed by atoms with Crippen LogP contribution in [0.2, 0.25) is 0 Å². The number of unbranched alkanes of at least 4 members (excludes halogenated alkanes) is 1. The van der Waals surface area contributed by atoms with E-state index in [0.29, 0.717) is 6.04 Å². The zero-order valence-electron chi connectivity index (χ0n) is 13.7. The number of aliphatic imine (C=N–C) groups is 1. The van der Waals surface area contributed by atoms with Crippen molar-refractivity contribution >= 4 is 5.96 Å². The van der Waals surface area contributed by atoms with E-state index in [2.05, 4.69) is 49.6 Å². The summed E-state index contributed by atoms with van der Waals surface area (Å²) in [7, 11) is 4.33. The van der Waals surface area contributed by atoms with Crippen molar-refractivity contribution in [3.05, 3.63) is 12.7 Å². The average molecular weight is 280 g/mol. The molecule has 1 rings (SSSR count). The van der Waals surface area contributed by atoms with Gasteiger partial charge < -0.3 is 10.2 Å². The summed E-state index contributed by atoms with van der Waals surface area (Å²) in [6, 6.07) is 1.31. The van der Waals surface area contributed by atoms with Gasteiger partial charge in [-0.3, -0.25) is 9.89 Å². The van der Waals surface area contributed by atoms with Crippen LogP contribution in [0, 0.1) is 0 Å². The van der Waals surface area contributed by atoms with Crippen molar-refractivity contribution < 1.29 is 0 Å². The van der Waals surface area contributed by atoms with E-state index in [1.165, 1.54) is 12.8 Å². The maximum Gasteiger partial charge on any atom is 0.193 e. The Morgan fingerprint density at radius 3 is 2.70 bits per heavy atom. The second-order valence-corrected chi connectivity index (χ2v) is 5.79. The van der Waals surface area contributed by atoms with Gasteiger partial charge in [-0.1, -0.05) is 6.08 Å². The van der Waals surface area contributed by atoms with Gasteiger partial charge in [0.2, 0.25) is 0 Å². The summed E-state index contributed by atoms with van der Waals surface area (Å²) in [5, 5.41) is 3.38.